The van der Waals surface area contributed by atoms with E-state index in [1.165, 1.54) is 11.8 Å². The maximum Gasteiger partial charge on any atom is 0.408 e. The zero-order valence-corrected chi connectivity index (χ0v) is 18.1. The van der Waals surface area contributed by atoms with Gasteiger partial charge >= 0.3 is 12.1 Å². The maximum absolute atomic E-state index is 12.6. The largest absolute Gasteiger partial charge is 0.481 e. The number of aliphatic carboxylic acids is 1. The van der Waals surface area contributed by atoms with Crippen LogP contribution in [0.5, 0.6) is 0 Å². The van der Waals surface area contributed by atoms with Gasteiger partial charge in [0.05, 0.1) is 6.42 Å². The number of carboxylic acid groups (broad SMARTS) is 1. The molecule has 10 nitrogen and oxygen atoms in total. The number of hydrogen-bond donors (Lipinski definition) is 2. The Morgan fingerprint density at radius 2 is 1.84 bits per heavy atom. The first-order chi connectivity index (χ1) is 15.4. The molecule has 0 saturated carbocycles. The molecule has 1 amide bonds. The molecule has 1 aromatic heterocycles. The number of rotatable bonds is 10. The molecule has 1 unspecified atom stereocenters. The van der Waals surface area contributed by atoms with Gasteiger partial charge in [-0.3, -0.25) is 9.59 Å². The first-order valence-electron chi connectivity index (χ1n) is 9.32. The van der Waals surface area contributed by atoms with Crippen molar-refractivity contribution in [1.82, 2.24) is 25.5 Å². The number of aromatic nitrogens is 4. The van der Waals surface area contributed by atoms with Crippen LogP contribution in [0.25, 0.3) is 0 Å². The number of benzene rings is 2. The molecule has 0 radical (unpaired) electrons. The molecule has 12 heteroatoms. The Morgan fingerprint density at radius 3 is 2.53 bits per heavy atom. The molecule has 1 heterocycles. The zero-order valence-electron chi connectivity index (χ0n) is 16.6. The number of ether oxygens (including phenoxy) is 1. The first-order valence-corrected chi connectivity index (χ1v) is 10.5. The lowest BCUT2D eigenvalue weighted by Gasteiger charge is -2.15. The van der Waals surface area contributed by atoms with Crippen LogP contribution in [0.3, 0.4) is 0 Å². The van der Waals surface area contributed by atoms with E-state index in [1.807, 2.05) is 6.07 Å². The number of alkyl carbamates (subject to hydrolysis) is 1. The Morgan fingerprint density at radius 1 is 1.12 bits per heavy atom. The molecular weight excluding hydrogens is 458 g/mol. The lowest BCUT2D eigenvalue weighted by atomic mass is 10.1. The van der Waals surface area contributed by atoms with Gasteiger partial charge in [-0.1, -0.05) is 41.9 Å². The van der Waals surface area contributed by atoms with Gasteiger partial charge in [-0.05, 0) is 46.8 Å². The molecule has 0 bridgehead atoms. The first kappa shape index (κ1) is 23.2. The molecule has 32 heavy (non-hydrogen) atoms. The predicted molar refractivity (Wildman–Crippen MR) is 114 cm³/mol. The summed E-state index contributed by atoms with van der Waals surface area (Å²) in [7, 11) is 0. The van der Waals surface area contributed by atoms with E-state index in [4.69, 9.17) is 21.4 Å². The Balaban J connectivity index is 1.57. The highest BCUT2D eigenvalue weighted by molar-refractivity contribution is 7.99. The second-order valence-electron chi connectivity index (χ2n) is 6.48. The summed E-state index contributed by atoms with van der Waals surface area (Å²) < 4.78 is 5.06. The Labute approximate surface area is 191 Å². The Hall–Kier alpha value is -3.44. The molecular formula is C20H18ClN5O5S. The normalized spacial score (nSPS) is 11.5. The van der Waals surface area contributed by atoms with Gasteiger partial charge in [-0.15, -0.1) is 10.2 Å². The van der Waals surface area contributed by atoms with Crippen LogP contribution in [-0.4, -0.2) is 49.2 Å². The average molecular weight is 476 g/mol. The highest BCUT2D eigenvalue weighted by Gasteiger charge is 2.25. The standard InChI is InChI=1S/C20H18ClN5O5S/c21-14-6-8-15(9-7-14)32-19-23-25-26(24-19)11-17(27)16(10-18(28)29)22-20(30)31-12-13-4-2-1-3-5-13/h1-9,16H,10-12H2,(H,22,30)(H,28,29). The Bertz CT molecular complexity index is 1080. The van der Waals surface area contributed by atoms with E-state index in [0.717, 1.165) is 15.3 Å². The maximum atomic E-state index is 12.6. The predicted octanol–water partition coefficient (Wildman–Crippen LogP) is 2.82. The smallest absolute Gasteiger partial charge is 0.408 e. The number of nitrogens with one attached hydrogen (secondary N) is 1. The third-order valence-corrected chi connectivity index (χ3v) is 5.13. The van der Waals surface area contributed by atoms with Crippen molar-refractivity contribution in [3.05, 3.63) is 65.2 Å². The van der Waals surface area contributed by atoms with E-state index in [0.29, 0.717) is 10.2 Å². The molecule has 0 aliphatic rings. The van der Waals surface area contributed by atoms with E-state index >= 15 is 0 Å². The van der Waals surface area contributed by atoms with Gasteiger partial charge in [0, 0.05) is 9.92 Å². The van der Waals surface area contributed by atoms with Crippen molar-refractivity contribution in [3.8, 4) is 0 Å². The van der Waals surface area contributed by atoms with Crippen molar-refractivity contribution in [2.45, 2.75) is 35.7 Å². The summed E-state index contributed by atoms with van der Waals surface area (Å²) in [6.45, 7) is -0.387. The number of amides is 1. The topological polar surface area (TPSA) is 136 Å². The van der Waals surface area contributed by atoms with Crippen molar-refractivity contribution >= 4 is 41.2 Å². The fraction of sp³-hybridized carbons (Fsp3) is 0.200. The third kappa shape index (κ3) is 7.36. The van der Waals surface area contributed by atoms with Crippen LogP contribution in [0, 0.1) is 0 Å². The molecule has 0 aliphatic heterocycles. The molecule has 0 saturated heterocycles. The van der Waals surface area contributed by atoms with Crippen LogP contribution in [0.15, 0.2) is 64.6 Å². The minimum Gasteiger partial charge on any atom is -0.481 e. The number of halogens is 1. The van der Waals surface area contributed by atoms with Crippen molar-refractivity contribution in [3.63, 3.8) is 0 Å². The Kier molecular flexibility index (Phi) is 8.17. The summed E-state index contributed by atoms with van der Waals surface area (Å²) in [6, 6.07) is 14.6. The molecule has 2 aromatic carbocycles. The van der Waals surface area contributed by atoms with Gasteiger partial charge in [0.1, 0.15) is 19.2 Å². The fourth-order valence-corrected chi connectivity index (χ4v) is 3.34. The number of ketones is 1. The van der Waals surface area contributed by atoms with Crippen LogP contribution in [0.2, 0.25) is 5.02 Å². The van der Waals surface area contributed by atoms with Crippen LogP contribution >= 0.6 is 23.4 Å². The highest BCUT2D eigenvalue weighted by Crippen LogP contribution is 2.25. The minimum atomic E-state index is -1.31. The SMILES string of the molecule is O=C(O)CC(NC(=O)OCc1ccccc1)C(=O)Cn1nnc(Sc2ccc(Cl)cc2)n1. The van der Waals surface area contributed by atoms with Crippen LogP contribution < -0.4 is 5.32 Å². The number of Topliss-reactive ketones (excluding diaryl/α,β-unsaturated/α-hetero) is 1. The molecule has 0 fully saturated rings. The van der Waals surface area contributed by atoms with Gasteiger partial charge < -0.3 is 15.2 Å². The summed E-state index contributed by atoms with van der Waals surface area (Å²) in [6.07, 6.45) is -1.51. The van der Waals surface area contributed by atoms with E-state index in [1.54, 1.807) is 48.5 Å². The van der Waals surface area contributed by atoms with Crippen molar-refractivity contribution < 1.29 is 24.2 Å². The molecule has 2 N–H and O–H groups in total. The molecule has 3 rings (SSSR count). The molecule has 0 aliphatic carbocycles. The lowest BCUT2D eigenvalue weighted by molar-refractivity contribution is -0.139. The van der Waals surface area contributed by atoms with Crippen LogP contribution in [0.4, 0.5) is 4.79 Å². The third-order valence-electron chi connectivity index (χ3n) is 4.03. The molecule has 0 spiro atoms. The number of carbonyl (C=O) groups is 3. The molecule has 1 atom stereocenters. The number of carbonyl (C=O) groups excluding carboxylic acids is 2. The monoisotopic (exact) mass is 475 g/mol. The summed E-state index contributed by atoms with van der Waals surface area (Å²) in [5, 5.41) is 24.0. The van der Waals surface area contributed by atoms with Crippen LogP contribution in [0.1, 0.15) is 12.0 Å². The summed E-state index contributed by atoms with van der Waals surface area (Å²) in [5.41, 5.74) is 0.751. The van der Waals surface area contributed by atoms with Gasteiger partial charge in [0.25, 0.3) is 0 Å². The highest BCUT2D eigenvalue weighted by atomic mass is 35.5. The quantitative estimate of drug-likeness (QED) is 0.453. The van der Waals surface area contributed by atoms with Gasteiger partial charge in [-0.2, -0.15) is 4.80 Å². The lowest BCUT2D eigenvalue weighted by Crippen LogP contribution is -2.44. The number of tetrazole rings is 1. The van der Waals surface area contributed by atoms with Gasteiger partial charge in [-0.25, -0.2) is 4.79 Å². The van der Waals surface area contributed by atoms with Crippen LogP contribution in [-0.2, 0) is 27.5 Å². The second kappa shape index (κ2) is 11.3. The number of nitrogens with zero attached hydrogens (tertiary/aromatic N) is 4. The summed E-state index contributed by atoms with van der Waals surface area (Å²) in [5.74, 6) is -1.86. The van der Waals surface area contributed by atoms with E-state index < -0.39 is 30.3 Å². The second-order valence-corrected chi connectivity index (χ2v) is 7.96. The van der Waals surface area contributed by atoms with Gasteiger partial charge in [0.2, 0.25) is 5.16 Å². The van der Waals surface area contributed by atoms with Gasteiger partial charge in [0.15, 0.2) is 5.78 Å². The minimum absolute atomic E-state index is 0.0173. The zero-order chi connectivity index (χ0) is 22.9. The number of hydrogen-bond acceptors (Lipinski definition) is 8. The van der Waals surface area contributed by atoms with Crippen molar-refractivity contribution in [2.75, 3.05) is 0 Å². The number of carboxylic acids is 1. The molecule has 3 aromatic rings. The van der Waals surface area contributed by atoms with E-state index in [9.17, 15) is 14.4 Å². The fourth-order valence-electron chi connectivity index (χ4n) is 2.52. The average Bonchev–Trinajstić information content (AvgIpc) is 3.20. The van der Waals surface area contributed by atoms with E-state index in [-0.39, 0.29) is 13.2 Å². The van der Waals surface area contributed by atoms with Crippen molar-refractivity contribution in [2.24, 2.45) is 0 Å². The van der Waals surface area contributed by atoms with Crippen molar-refractivity contribution in [1.29, 1.82) is 0 Å². The molecule has 166 valence electrons. The van der Waals surface area contributed by atoms with E-state index in [2.05, 4.69) is 20.7 Å². The summed E-state index contributed by atoms with van der Waals surface area (Å²) in [4.78, 5) is 37.6. The summed E-state index contributed by atoms with van der Waals surface area (Å²) >= 11 is 7.07.